The van der Waals surface area contributed by atoms with Crippen molar-refractivity contribution in [3.63, 3.8) is 0 Å². The molecule has 28 heavy (non-hydrogen) atoms. The zero-order valence-electron chi connectivity index (χ0n) is 16.5. The van der Waals surface area contributed by atoms with E-state index >= 15 is 0 Å². The van der Waals surface area contributed by atoms with Crippen LogP contribution in [0.5, 0.6) is 17.2 Å². The lowest BCUT2D eigenvalue weighted by atomic mass is 10.1. The van der Waals surface area contributed by atoms with Crippen molar-refractivity contribution in [3.8, 4) is 17.2 Å². The van der Waals surface area contributed by atoms with Crippen molar-refractivity contribution in [3.05, 3.63) is 53.1 Å². The molecule has 0 bridgehead atoms. The molecule has 0 heterocycles. The van der Waals surface area contributed by atoms with Crippen LogP contribution in [0, 0.1) is 0 Å². The standard InChI is InChI=1S/C21H25NO6/c1-5-14-6-8-15(9-7-14)21(24)28-13-20(23)22-12-16-10-18(26-3)19(27-4)11-17(16)25-2/h6-11H,5,12-13H2,1-4H3,(H,22,23). The fourth-order valence-corrected chi connectivity index (χ4v) is 2.57. The Morgan fingerprint density at radius 1 is 0.893 bits per heavy atom. The van der Waals surface area contributed by atoms with Crippen LogP contribution in [0.3, 0.4) is 0 Å². The van der Waals surface area contributed by atoms with Gasteiger partial charge in [0.2, 0.25) is 0 Å². The number of hydrogen-bond acceptors (Lipinski definition) is 6. The number of benzene rings is 2. The van der Waals surface area contributed by atoms with Gasteiger partial charge in [0.15, 0.2) is 18.1 Å². The normalized spacial score (nSPS) is 10.1. The summed E-state index contributed by atoms with van der Waals surface area (Å²) in [6, 6.07) is 10.5. The molecule has 2 rings (SSSR count). The number of carbonyl (C=O) groups is 2. The molecule has 2 aromatic rings. The number of rotatable bonds is 9. The average Bonchev–Trinajstić information content (AvgIpc) is 2.75. The predicted octanol–water partition coefficient (Wildman–Crippen LogP) is 2.75. The molecule has 7 heteroatoms. The zero-order chi connectivity index (χ0) is 20.5. The number of aryl methyl sites for hydroxylation is 1. The summed E-state index contributed by atoms with van der Waals surface area (Å²) in [5.41, 5.74) is 2.24. The van der Waals surface area contributed by atoms with E-state index in [1.807, 2.05) is 19.1 Å². The first kappa shape index (κ1) is 21.1. The van der Waals surface area contributed by atoms with Crippen LogP contribution in [0.1, 0.15) is 28.4 Å². The molecule has 0 aromatic heterocycles. The molecule has 0 saturated heterocycles. The van der Waals surface area contributed by atoms with Gasteiger partial charge in [-0.2, -0.15) is 0 Å². The highest BCUT2D eigenvalue weighted by molar-refractivity contribution is 5.91. The molecule has 0 saturated carbocycles. The fraction of sp³-hybridized carbons (Fsp3) is 0.333. The number of esters is 1. The van der Waals surface area contributed by atoms with Crippen molar-refractivity contribution in [2.24, 2.45) is 0 Å². The van der Waals surface area contributed by atoms with Gasteiger partial charge in [-0.05, 0) is 30.2 Å². The van der Waals surface area contributed by atoms with E-state index in [1.54, 1.807) is 24.3 Å². The Kier molecular flexibility index (Phi) is 7.68. The molecular weight excluding hydrogens is 362 g/mol. The Morgan fingerprint density at radius 3 is 2.07 bits per heavy atom. The van der Waals surface area contributed by atoms with Crippen LogP contribution in [-0.2, 0) is 22.5 Å². The van der Waals surface area contributed by atoms with Gasteiger partial charge in [-0.15, -0.1) is 0 Å². The maximum absolute atomic E-state index is 12.0. The monoisotopic (exact) mass is 387 g/mol. The predicted molar refractivity (Wildman–Crippen MR) is 104 cm³/mol. The Morgan fingerprint density at radius 2 is 1.50 bits per heavy atom. The van der Waals surface area contributed by atoms with Crippen LogP contribution in [-0.4, -0.2) is 39.8 Å². The van der Waals surface area contributed by atoms with Crippen LogP contribution in [0.2, 0.25) is 0 Å². The summed E-state index contributed by atoms with van der Waals surface area (Å²) in [7, 11) is 4.58. The second-order valence-electron chi connectivity index (χ2n) is 5.92. The minimum atomic E-state index is -0.540. The fourth-order valence-electron chi connectivity index (χ4n) is 2.57. The summed E-state index contributed by atoms with van der Waals surface area (Å²) >= 11 is 0. The molecule has 7 nitrogen and oxygen atoms in total. The molecule has 0 spiro atoms. The van der Waals surface area contributed by atoms with Gasteiger partial charge in [0.25, 0.3) is 5.91 Å². The van der Waals surface area contributed by atoms with E-state index in [1.165, 1.54) is 21.3 Å². The number of amides is 1. The van der Waals surface area contributed by atoms with Crippen molar-refractivity contribution in [1.82, 2.24) is 5.32 Å². The molecule has 0 aliphatic rings. The summed E-state index contributed by atoms with van der Waals surface area (Å²) < 4.78 is 20.9. The molecular formula is C21H25NO6. The average molecular weight is 387 g/mol. The highest BCUT2D eigenvalue weighted by Crippen LogP contribution is 2.34. The molecule has 1 N–H and O–H groups in total. The molecule has 0 radical (unpaired) electrons. The summed E-state index contributed by atoms with van der Waals surface area (Å²) in [4.78, 5) is 24.1. The largest absolute Gasteiger partial charge is 0.496 e. The summed E-state index contributed by atoms with van der Waals surface area (Å²) in [5, 5.41) is 2.70. The van der Waals surface area contributed by atoms with Gasteiger partial charge in [0.1, 0.15) is 5.75 Å². The molecule has 0 atom stereocenters. The quantitative estimate of drug-likeness (QED) is 0.666. The first-order valence-corrected chi connectivity index (χ1v) is 8.84. The minimum absolute atomic E-state index is 0.186. The first-order valence-electron chi connectivity index (χ1n) is 8.84. The Balaban J connectivity index is 1.92. The Bertz CT molecular complexity index is 816. The van der Waals surface area contributed by atoms with Crippen molar-refractivity contribution in [2.75, 3.05) is 27.9 Å². The van der Waals surface area contributed by atoms with Gasteiger partial charge >= 0.3 is 5.97 Å². The number of hydrogen-bond donors (Lipinski definition) is 1. The lowest BCUT2D eigenvalue weighted by Gasteiger charge is -2.14. The first-order chi connectivity index (χ1) is 13.5. The summed E-state index contributed by atoms with van der Waals surface area (Å²) in [6.45, 7) is 1.85. The van der Waals surface area contributed by atoms with Gasteiger partial charge in [-0.1, -0.05) is 19.1 Å². The Hall–Kier alpha value is -3.22. The minimum Gasteiger partial charge on any atom is -0.496 e. The molecule has 0 unspecified atom stereocenters. The number of ether oxygens (including phenoxy) is 4. The molecule has 0 fully saturated rings. The van der Waals surface area contributed by atoms with E-state index in [0.717, 1.165) is 12.0 Å². The molecule has 0 aliphatic heterocycles. The molecule has 0 aliphatic carbocycles. The van der Waals surface area contributed by atoms with E-state index < -0.39 is 11.9 Å². The lowest BCUT2D eigenvalue weighted by molar-refractivity contribution is -0.124. The molecule has 2 aromatic carbocycles. The van der Waals surface area contributed by atoms with Gasteiger partial charge in [-0.25, -0.2) is 4.79 Å². The van der Waals surface area contributed by atoms with Crippen molar-refractivity contribution in [2.45, 2.75) is 19.9 Å². The van der Waals surface area contributed by atoms with Crippen molar-refractivity contribution < 1.29 is 28.5 Å². The highest BCUT2D eigenvalue weighted by atomic mass is 16.5. The SMILES string of the molecule is CCc1ccc(C(=O)OCC(=O)NCc2cc(OC)c(OC)cc2OC)cc1. The second kappa shape index (κ2) is 10.2. The van der Waals surface area contributed by atoms with Gasteiger partial charge in [0, 0.05) is 18.2 Å². The van der Waals surface area contributed by atoms with Crippen molar-refractivity contribution in [1.29, 1.82) is 0 Å². The maximum Gasteiger partial charge on any atom is 0.338 e. The number of methoxy groups -OCH3 is 3. The van der Waals surface area contributed by atoms with E-state index in [2.05, 4.69) is 5.32 Å². The van der Waals surface area contributed by atoms with Crippen LogP contribution in [0.25, 0.3) is 0 Å². The molecule has 150 valence electrons. The van der Waals surface area contributed by atoms with Gasteiger partial charge in [-0.3, -0.25) is 4.79 Å². The van der Waals surface area contributed by atoms with E-state index in [0.29, 0.717) is 28.4 Å². The van der Waals surface area contributed by atoms with E-state index in [4.69, 9.17) is 18.9 Å². The van der Waals surface area contributed by atoms with Crippen LogP contribution in [0.15, 0.2) is 36.4 Å². The number of carbonyl (C=O) groups excluding carboxylic acids is 2. The van der Waals surface area contributed by atoms with E-state index in [-0.39, 0.29) is 13.2 Å². The molecule has 1 amide bonds. The lowest BCUT2D eigenvalue weighted by Crippen LogP contribution is -2.28. The number of nitrogens with one attached hydrogen (secondary N) is 1. The van der Waals surface area contributed by atoms with Crippen molar-refractivity contribution >= 4 is 11.9 Å². The van der Waals surface area contributed by atoms with E-state index in [9.17, 15) is 9.59 Å². The highest BCUT2D eigenvalue weighted by Gasteiger charge is 2.14. The second-order valence-corrected chi connectivity index (χ2v) is 5.92. The third-order valence-corrected chi connectivity index (χ3v) is 4.19. The van der Waals surface area contributed by atoms with Crippen LogP contribution >= 0.6 is 0 Å². The summed E-state index contributed by atoms with van der Waals surface area (Å²) in [6.07, 6.45) is 0.886. The topological polar surface area (TPSA) is 83.1 Å². The van der Waals surface area contributed by atoms with Gasteiger partial charge in [0.05, 0.1) is 26.9 Å². The zero-order valence-corrected chi connectivity index (χ0v) is 16.5. The maximum atomic E-state index is 12.0. The third kappa shape index (κ3) is 5.39. The van der Waals surface area contributed by atoms with Crippen LogP contribution in [0.4, 0.5) is 0 Å². The smallest absolute Gasteiger partial charge is 0.338 e. The Labute approximate surface area is 164 Å². The van der Waals surface area contributed by atoms with Crippen LogP contribution < -0.4 is 19.5 Å². The summed E-state index contributed by atoms with van der Waals surface area (Å²) in [5.74, 6) is 0.634. The van der Waals surface area contributed by atoms with Gasteiger partial charge < -0.3 is 24.3 Å². The third-order valence-electron chi connectivity index (χ3n) is 4.19.